The molecule has 0 atom stereocenters. The van der Waals surface area contributed by atoms with Crippen LogP contribution in [0.25, 0.3) is 0 Å². The molecule has 0 spiro atoms. The molecule has 18 heavy (non-hydrogen) atoms. The van der Waals surface area contributed by atoms with Crippen LogP contribution in [0.1, 0.15) is 52.9 Å². The van der Waals surface area contributed by atoms with Gasteiger partial charge in [-0.1, -0.05) is 18.6 Å². The average molecular weight is 258 g/mol. The lowest BCUT2D eigenvalue weighted by Gasteiger charge is -2.16. The molecular weight excluding hydrogens is 228 g/mol. The van der Waals surface area contributed by atoms with Gasteiger partial charge in [-0.3, -0.25) is 0 Å². The normalized spacial score (nSPS) is 11.8. The van der Waals surface area contributed by atoms with E-state index in [1.54, 1.807) is 0 Å². The van der Waals surface area contributed by atoms with E-state index in [-0.39, 0.29) is 6.29 Å². The highest BCUT2D eigenvalue weighted by molar-refractivity contribution is 4.81. The molecule has 0 heterocycles. The molecule has 0 unspecified atom stereocenters. The minimum atomic E-state index is -0.00602. The molecule has 3 nitrogen and oxygen atoms in total. The molecule has 0 saturated heterocycles. The molecule has 3 heteroatoms. The number of rotatable bonds is 13. The third-order valence-corrected chi connectivity index (χ3v) is 2.60. The Hall–Kier alpha value is -0.380. The Morgan fingerprint density at radius 3 is 2.17 bits per heavy atom. The first-order chi connectivity index (χ1) is 8.85. The van der Waals surface area contributed by atoms with Gasteiger partial charge in [-0.2, -0.15) is 0 Å². The van der Waals surface area contributed by atoms with Gasteiger partial charge in [0.25, 0.3) is 0 Å². The molecular formula is C15H30O3. The summed E-state index contributed by atoms with van der Waals surface area (Å²) in [4.78, 5) is 0. The zero-order valence-electron chi connectivity index (χ0n) is 12.3. The molecule has 0 fully saturated rings. The first kappa shape index (κ1) is 17.6. The van der Waals surface area contributed by atoms with Gasteiger partial charge in [0.2, 0.25) is 0 Å². The fourth-order valence-electron chi connectivity index (χ4n) is 1.71. The predicted octanol–water partition coefficient (Wildman–Crippen LogP) is 3.93. The number of hydrogen-bond donors (Lipinski definition) is 0. The van der Waals surface area contributed by atoms with Crippen molar-refractivity contribution in [3.63, 3.8) is 0 Å². The van der Waals surface area contributed by atoms with Crippen molar-refractivity contribution in [1.82, 2.24) is 0 Å². The Labute approximate surface area is 112 Å². The van der Waals surface area contributed by atoms with Gasteiger partial charge in [0, 0.05) is 19.8 Å². The van der Waals surface area contributed by atoms with E-state index in [9.17, 15) is 0 Å². The van der Waals surface area contributed by atoms with Crippen molar-refractivity contribution in [1.29, 1.82) is 0 Å². The SMILES string of the molecule is CCOC/C=C/CCCCCC(OCC)OCC. The Balaban J connectivity index is 3.34. The molecule has 0 aromatic heterocycles. The van der Waals surface area contributed by atoms with E-state index in [2.05, 4.69) is 12.2 Å². The summed E-state index contributed by atoms with van der Waals surface area (Å²) in [7, 11) is 0. The summed E-state index contributed by atoms with van der Waals surface area (Å²) in [5.74, 6) is 0. The molecule has 0 N–H and O–H groups in total. The first-order valence-electron chi connectivity index (χ1n) is 7.31. The van der Waals surface area contributed by atoms with Gasteiger partial charge in [0.05, 0.1) is 6.61 Å². The number of hydrogen-bond acceptors (Lipinski definition) is 3. The monoisotopic (exact) mass is 258 g/mol. The summed E-state index contributed by atoms with van der Waals surface area (Å²) in [5.41, 5.74) is 0. The smallest absolute Gasteiger partial charge is 0.157 e. The van der Waals surface area contributed by atoms with Gasteiger partial charge in [-0.15, -0.1) is 0 Å². The second-order valence-electron chi connectivity index (χ2n) is 4.11. The van der Waals surface area contributed by atoms with E-state index in [0.717, 1.165) is 39.3 Å². The Bertz CT molecular complexity index is 175. The van der Waals surface area contributed by atoms with E-state index in [0.29, 0.717) is 0 Å². The van der Waals surface area contributed by atoms with Crippen LogP contribution in [-0.2, 0) is 14.2 Å². The van der Waals surface area contributed by atoms with Crippen LogP contribution in [0.3, 0.4) is 0 Å². The minimum Gasteiger partial charge on any atom is -0.378 e. The fourth-order valence-corrected chi connectivity index (χ4v) is 1.71. The minimum absolute atomic E-state index is 0.00602. The highest BCUT2D eigenvalue weighted by Gasteiger charge is 2.06. The van der Waals surface area contributed by atoms with Crippen molar-refractivity contribution in [3.05, 3.63) is 12.2 Å². The molecule has 0 bridgehead atoms. The van der Waals surface area contributed by atoms with Crippen molar-refractivity contribution in [2.75, 3.05) is 26.4 Å². The second kappa shape index (κ2) is 14.7. The number of ether oxygens (including phenoxy) is 3. The fraction of sp³-hybridized carbons (Fsp3) is 0.867. The van der Waals surface area contributed by atoms with Crippen molar-refractivity contribution in [3.8, 4) is 0 Å². The quantitative estimate of drug-likeness (QED) is 0.284. The highest BCUT2D eigenvalue weighted by atomic mass is 16.7. The van der Waals surface area contributed by atoms with Crippen molar-refractivity contribution in [2.45, 2.75) is 59.2 Å². The van der Waals surface area contributed by atoms with Crippen LogP contribution in [0.4, 0.5) is 0 Å². The lowest BCUT2D eigenvalue weighted by atomic mass is 10.1. The van der Waals surface area contributed by atoms with Crippen molar-refractivity contribution >= 4 is 0 Å². The molecule has 0 saturated carbocycles. The molecule has 0 radical (unpaired) electrons. The lowest BCUT2D eigenvalue weighted by Crippen LogP contribution is -2.17. The Morgan fingerprint density at radius 2 is 1.56 bits per heavy atom. The van der Waals surface area contributed by atoms with E-state index in [1.165, 1.54) is 19.3 Å². The van der Waals surface area contributed by atoms with E-state index in [4.69, 9.17) is 14.2 Å². The molecule has 0 aliphatic heterocycles. The predicted molar refractivity (Wildman–Crippen MR) is 75.8 cm³/mol. The maximum absolute atomic E-state index is 5.50. The van der Waals surface area contributed by atoms with Gasteiger partial charge in [0.15, 0.2) is 6.29 Å². The second-order valence-corrected chi connectivity index (χ2v) is 4.11. The molecule has 0 aromatic rings. The number of unbranched alkanes of at least 4 members (excludes halogenated alkanes) is 3. The van der Waals surface area contributed by atoms with Crippen LogP contribution in [-0.4, -0.2) is 32.7 Å². The molecule has 0 aliphatic carbocycles. The highest BCUT2D eigenvalue weighted by Crippen LogP contribution is 2.10. The number of allylic oxidation sites excluding steroid dienone is 1. The van der Waals surface area contributed by atoms with Crippen LogP contribution in [0, 0.1) is 0 Å². The molecule has 0 amide bonds. The Kier molecular flexibility index (Phi) is 14.4. The third kappa shape index (κ3) is 12.1. The topological polar surface area (TPSA) is 27.7 Å². The molecule has 0 aliphatic rings. The maximum atomic E-state index is 5.50. The van der Waals surface area contributed by atoms with Crippen LogP contribution in [0.5, 0.6) is 0 Å². The standard InChI is InChI=1S/C15H30O3/c1-4-16-14-12-10-8-7-9-11-13-15(17-5-2)18-6-3/h10,12,15H,4-9,11,13-14H2,1-3H3/b12-10+. The van der Waals surface area contributed by atoms with Gasteiger partial charge < -0.3 is 14.2 Å². The summed E-state index contributed by atoms with van der Waals surface area (Å²) in [6.07, 6.45) is 10.1. The average Bonchev–Trinajstić information content (AvgIpc) is 2.37. The first-order valence-corrected chi connectivity index (χ1v) is 7.31. The summed E-state index contributed by atoms with van der Waals surface area (Å²) < 4.78 is 16.2. The van der Waals surface area contributed by atoms with E-state index >= 15 is 0 Å². The zero-order valence-corrected chi connectivity index (χ0v) is 12.3. The van der Waals surface area contributed by atoms with Gasteiger partial charge in [-0.05, 0) is 46.5 Å². The summed E-state index contributed by atoms with van der Waals surface area (Å²) in [5, 5.41) is 0. The van der Waals surface area contributed by atoms with Crippen molar-refractivity contribution < 1.29 is 14.2 Å². The van der Waals surface area contributed by atoms with Crippen molar-refractivity contribution in [2.24, 2.45) is 0 Å². The van der Waals surface area contributed by atoms with Crippen LogP contribution in [0.15, 0.2) is 12.2 Å². The van der Waals surface area contributed by atoms with Gasteiger partial charge in [0.1, 0.15) is 0 Å². The summed E-state index contributed by atoms with van der Waals surface area (Å²) in [6, 6.07) is 0. The molecule has 0 aromatic carbocycles. The largest absolute Gasteiger partial charge is 0.378 e. The molecule has 108 valence electrons. The zero-order chi connectivity index (χ0) is 13.5. The third-order valence-electron chi connectivity index (χ3n) is 2.60. The molecule has 0 rings (SSSR count). The van der Waals surface area contributed by atoms with Crippen LogP contribution in [0.2, 0.25) is 0 Å². The van der Waals surface area contributed by atoms with Gasteiger partial charge >= 0.3 is 0 Å². The lowest BCUT2D eigenvalue weighted by molar-refractivity contribution is -0.140. The summed E-state index contributed by atoms with van der Waals surface area (Å²) >= 11 is 0. The van der Waals surface area contributed by atoms with Crippen LogP contribution < -0.4 is 0 Å². The van der Waals surface area contributed by atoms with E-state index < -0.39 is 0 Å². The van der Waals surface area contributed by atoms with Gasteiger partial charge in [-0.25, -0.2) is 0 Å². The van der Waals surface area contributed by atoms with Crippen LogP contribution >= 0.6 is 0 Å². The maximum Gasteiger partial charge on any atom is 0.157 e. The summed E-state index contributed by atoms with van der Waals surface area (Å²) in [6.45, 7) is 9.02. The van der Waals surface area contributed by atoms with E-state index in [1.807, 2.05) is 20.8 Å². The Morgan fingerprint density at radius 1 is 0.833 bits per heavy atom.